The molecule has 1 fully saturated rings. The van der Waals surface area contributed by atoms with Crippen molar-refractivity contribution in [2.24, 2.45) is 0 Å². The minimum atomic E-state index is -1.55. The van der Waals surface area contributed by atoms with Gasteiger partial charge in [0.2, 0.25) is 5.91 Å². The van der Waals surface area contributed by atoms with E-state index < -0.39 is 49.5 Å². The van der Waals surface area contributed by atoms with Gasteiger partial charge in [-0.15, -0.1) is 0 Å². The smallest absolute Gasteiger partial charge is 0.220 e. The van der Waals surface area contributed by atoms with Crippen molar-refractivity contribution in [1.29, 1.82) is 0 Å². The molecule has 0 spiro atoms. The van der Waals surface area contributed by atoms with E-state index in [9.17, 15) is 30.3 Å². The molecular formula is C68H135NO8. The Labute approximate surface area is 478 Å². The molecule has 7 unspecified atom stereocenters. The fourth-order valence-corrected chi connectivity index (χ4v) is 11.8. The standard InChI is InChI=1S/C68H135NO8/c1-3-5-7-9-11-13-15-17-19-21-23-25-27-29-30-31-32-33-34-36-38-40-42-44-46-48-50-52-54-56-58-64(72)69-61(60-76-68-67(75)66(74)65(73)63(59-70)77-68)62(71)57-55-53-51-49-47-45-43-41-39-37-35-28-26-24-22-20-18-16-14-12-10-8-6-4-2/h61-63,65-68,70-71,73-75H,3-60H2,1-2H3,(H,69,72). The van der Waals surface area contributed by atoms with Gasteiger partial charge in [-0.1, -0.05) is 354 Å². The summed E-state index contributed by atoms with van der Waals surface area (Å²) in [5.74, 6) is -0.133. The average Bonchev–Trinajstić information content (AvgIpc) is 3.43. The van der Waals surface area contributed by atoms with Gasteiger partial charge in [0, 0.05) is 6.42 Å². The van der Waals surface area contributed by atoms with Gasteiger partial charge in [-0.25, -0.2) is 0 Å². The zero-order valence-electron chi connectivity index (χ0n) is 51.5. The zero-order chi connectivity index (χ0) is 55.8. The Hall–Kier alpha value is -0.810. The van der Waals surface area contributed by atoms with E-state index in [4.69, 9.17) is 9.47 Å². The van der Waals surface area contributed by atoms with Crippen molar-refractivity contribution < 1.29 is 39.8 Å². The van der Waals surface area contributed by atoms with Crippen LogP contribution >= 0.6 is 0 Å². The minimum Gasteiger partial charge on any atom is -0.394 e. The number of amides is 1. The van der Waals surface area contributed by atoms with Crippen LogP contribution in [-0.2, 0) is 14.3 Å². The van der Waals surface area contributed by atoms with E-state index >= 15 is 0 Å². The fourth-order valence-electron chi connectivity index (χ4n) is 11.8. The summed E-state index contributed by atoms with van der Waals surface area (Å²) in [6.07, 6.45) is 66.0. The van der Waals surface area contributed by atoms with Crippen LogP contribution in [0.15, 0.2) is 0 Å². The molecule has 1 aliphatic heterocycles. The van der Waals surface area contributed by atoms with E-state index in [1.165, 1.54) is 308 Å². The molecule has 77 heavy (non-hydrogen) atoms. The molecule has 0 aromatic rings. The van der Waals surface area contributed by atoms with E-state index in [2.05, 4.69) is 19.2 Å². The van der Waals surface area contributed by atoms with E-state index in [-0.39, 0.29) is 12.5 Å². The number of aliphatic hydroxyl groups is 5. The van der Waals surface area contributed by atoms with Crippen molar-refractivity contribution in [3.8, 4) is 0 Å². The van der Waals surface area contributed by atoms with Crippen LogP contribution in [0.4, 0.5) is 0 Å². The molecular weight excluding hydrogens is 959 g/mol. The number of aliphatic hydroxyl groups excluding tert-OH is 5. The second-order valence-electron chi connectivity index (χ2n) is 24.7. The van der Waals surface area contributed by atoms with Crippen LogP contribution in [-0.4, -0.2) is 87.5 Å². The van der Waals surface area contributed by atoms with E-state index in [0.717, 1.165) is 38.5 Å². The van der Waals surface area contributed by atoms with Crippen LogP contribution in [0, 0.1) is 0 Å². The SMILES string of the molecule is CCCCCCCCCCCCCCCCCCCCCCCCCCCCCCCCC(=O)NC(COC1OC(CO)C(O)C(O)C1O)C(O)CCCCCCCCCCCCCCCCCCCCCCCCCC. The van der Waals surface area contributed by atoms with Crippen LogP contribution in [0.2, 0.25) is 0 Å². The Kier molecular flexibility index (Phi) is 56.3. The Morgan fingerprint density at radius 3 is 0.922 bits per heavy atom. The van der Waals surface area contributed by atoms with Crippen molar-refractivity contribution in [3.05, 3.63) is 0 Å². The Bertz CT molecular complexity index is 1180. The maximum absolute atomic E-state index is 13.1. The van der Waals surface area contributed by atoms with Crippen LogP contribution < -0.4 is 5.32 Å². The second-order valence-corrected chi connectivity index (χ2v) is 24.7. The second kappa shape index (κ2) is 58.4. The van der Waals surface area contributed by atoms with Crippen LogP contribution in [0.5, 0.6) is 0 Å². The summed E-state index contributed by atoms with van der Waals surface area (Å²) >= 11 is 0. The molecule has 7 atom stereocenters. The summed E-state index contributed by atoms with van der Waals surface area (Å²) in [7, 11) is 0. The number of unbranched alkanes of at least 4 members (excludes halogenated alkanes) is 52. The number of carbonyl (C=O) groups excluding carboxylic acids is 1. The highest BCUT2D eigenvalue weighted by Crippen LogP contribution is 2.24. The van der Waals surface area contributed by atoms with Gasteiger partial charge in [-0.3, -0.25) is 4.79 Å². The number of nitrogens with one attached hydrogen (secondary N) is 1. The molecule has 0 aromatic heterocycles. The number of hydrogen-bond acceptors (Lipinski definition) is 8. The van der Waals surface area contributed by atoms with Gasteiger partial charge in [0.05, 0.1) is 25.4 Å². The molecule has 0 aromatic carbocycles. The maximum atomic E-state index is 13.1. The van der Waals surface area contributed by atoms with Gasteiger partial charge in [0.25, 0.3) is 0 Å². The van der Waals surface area contributed by atoms with E-state index in [1.807, 2.05) is 0 Å². The topological polar surface area (TPSA) is 149 Å². The van der Waals surface area contributed by atoms with Gasteiger partial charge in [-0.2, -0.15) is 0 Å². The highest BCUT2D eigenvalue weighted by molar-refractivity contribution is 5.76. The molecule has 0 radical (unpaired) electrons. The van der Waals surface area contributed by atoms with Crippen LogP contribution in [0.25, 0.3) is 0 Å². The van der Waals surface area contributed by atoms with Crippen LogP contribution in [0.1, 0.15) is 373 Å². The predicted octanol–water partition coefficient (Wildman–Crippen LogP) is 18.5. The first-order valence-corrected chi connectivity index (χ1v) is 34.7. The molecule has 1 heterocycles. The van der Waals surface area contributed by atoms with Crippen molar-refractivity contribution >= 4 is 5.91 Å². The third-order valence-electron chi connectivity index (χ3n) is 17.2. The molecule has 1 saturated heterocycles. The van der Waals surface area contributed by atoms with Gasteiger partial charge in [0.1, 0.15) is 24.4 Å². The minimum absolute atomic E-state index is 0.130. The Morgan fingerprint density at radius 1 is 0.390 bits per heavy atom. The van der Waals surface area contributed by atoms with Gasteiger partial charge in [0.15, 0.2) is 6.29 Å². The molecule has 0 saturated carbocycles. The molecule has 0 aliphatic carbocycles. The lowest BCUT2D eigenvalue weighted by molar-refractivity contribution is -0.302. The third-order valence-corrected chi connectivity index (χ3v) is 17.2. The summed E-state index contributed by atoms with van der Waals surface area (Å²) in [6, 6.07) is -0.715. The molecule has 1 rings (SSSR count). The molecule has 1 amide bonds. The summed E-state index contributed by atoms with van der Waals surface area (Å²) in [4.78, 5) is 13.1. The van der Waals surface area contributed by atoms with Crippen molar-refractivity contribution in [1.82, 2.24) is 5.32 Å². The number of rotatable bonds is 62. The van der Waals surface area contributed by atoms with Crippen LogP contribution in [0.3, 0.4) is 0 Å². The highest BCUT2D eigenvalue weighted by Gasteiger charge is 2.44. The molecule has 6 N–H and O–H groups in total. The summed E-state index contributed by atoms with van der Waals surface area (Å²) in [5, 5.41) is 54.9. The van der Waals surface area contributed by atoms with E-state index in [1.54, 1.807) is 0 Å². The van der Waals surface area contributed by atoms with E-state index in [0.29, 0.717) is 12.8 Å². The molecule has 1 aliphatic rings. The highest BCUT2D eigenvalue weighted by atomic mass is 16.7. The first-order chi connectivity index (χ1) is 37.8. The number of ether oxygens (including phenoxy) is 2. The molecule has 9 nitrogen and oxygen atoms in total. The summed E-state index contributed by atoms with van der Waals surface area (Å²) < 4.78 is 11.4. The lowest BCUT2D eigenvalue weighted by Gasteiger charge is -2.40. The normalized spacial score (nSPS) is 18.6. The lowest BCUT2D eigenvalue weighted by atomic mass is 9.99. The van der Waals surface area contributed by atoms with Crippen molar-refractivity contribution in [2.45, 2.75) is 416 Å². The predicted molar refractivity (Wildman–Crippen MR) is 328 cm³/mol. The van der Waals surface area contributed by atoms with Gasteiger partial charge in [-0.05, 0) is 12.8 Å². The maximum Gasteiger partial charge on any atom is 0.220 e. The number of hydrogen-bond donors (Lipinski definition) is 6. The van der Waals surface area contributed by atoms with Gasteiger partial charge < -0.3 is 40.3 Å². The quantitative estimate of drug-likeness (QED) is 0.0330. The van der Waals surface area contributed by atoms with Crippen molar-refractivity contribution in [2.75, 3.05) is 13.2 Å². The lowest BCUT2D eigenvalue weighted by Crippen LogP contribution is -2.60. The fraction of sp³-hybridized carbons (Fsp3) is 0.985. The average molecular weight is 1090 g/mol. The zero-order valence-corrected chi connectivity index (χ0v) is 51.5. The summed E-state index contributed by atoms with van der Waals surface area (Å²) in [6.45, 7) is 3.91. The van der Waals surface area contributed by atoms with Gasteiger partial charge >= 0.3 is 0 Å². The van der Waals surface area contributed by atoms with Crippen molar-refractivity contribution in [3.63, 3.8) is 0 Å². The third kappa shape index (κ3) is 47.4. The largest absolute Gasteiger partial charge is 0.394 e. The molecule has 0 bridgehead atoms. The monoisotopic (exact) mass is 1090 g/mol. The number of carbonyl (C=O) groups is 1. The first-order valence-electron chi connectivity index (χ1n) is 34.7. The Balaban J connectivity index is 2.09. The first kappa shape index (κ1) is 74.2. The Morgan fingerprint density at radius 2 is 0.649 bits per heavy atom. The molecule has 9 heteroatoms. The molecule has 460 valence electrons. The summed E-state index contributed by atoms with van der Waals surface area (Å²) in [5.41, 5.74) is 0.